The van der Waals surface area contributed by atoms with Crippen molar-refractivity contribution in [3.8, 4) is 0 Å². The predicted octanol–water partition coefficient (Wildman–Crippen LogP) is 4.47. The SMILES string of the molecule is OC(Cc1cccc(F)c1)c1cc(Br)ccc1I. The molecule has 0 saturated heterocycles. The molecule has 1 unspecified atom stereocenters. The summed E-state index contributed by atoms with van der Waals surface area (Å²) in [6.07, 6.45) is -0.222. The molecule has 0 saturated carbocycles. The summed E-state index contributed by atoms with van der Waals surface area (Å²) in [5.74, 6) is -0.274. The lowest BCUT2D eigenvalue weighted by molar-refractivity contribution is 0.177. The molecule has 0 aliphatic heterocycles. The quantitative estimate of drug-likeness (QED) is 0.726. The van der Waals surface area contributed by atoms with Gasteiger partial charge in [-0.15, -0.1) is 0 Å². The molecular weight excluding hydrogens is 410 g/mol. The molecule has 0 aliphatic carbocycles. The van der Waals surface area contributed by atoms with Crippen molar-refractivity contribution in [2.45, 2.75) is 12.5 Å². The largest absolute Gasteiger partial charge is 0.388 e. The van der Waals surface area contributed by atoms with Gasteiger partial charge in [-0.3, -0.25) is 0 Å². The predicted molar refractivity (Wildman–Crippen MR) is 81.9 cm³/mol. The maximum Gasteiger partial charge on any atom is 0.123 e. The molecule has 2 aromatic carbocycles. The van der Waals surface area contributed by atoms with Crippen molar-refractivity contribution in [1.82, 2.24) is 0 Å². The summed E-state index contributed by atoms with van der Waals surface area (Å²) in [6.45, 7) is 0. The zero-order valence-electron chi connectivity index (χ0n) is 9.41. The molecule has 0 radical (unpaired) electrons. The van der Waals surface area contributed by atoms with Gasteiger partial charge >= 0.3 is 0 Å². The van der Waals surface area contributed by atoms with Crippen molar-refractivity contribution in [2.24, 2.45) is 0 Å². The maximum atomic E-state index is 13.1. The van der Waals surface area contributed by atoms with E-state index in [1.807, 2.05) is 24.3 Å². The first kappa shape index (κ1) is 14.0. The lowest BCUT2D eigenvalue weighted by Crippen LogP contribution is -2.04. The average Bonchev–Trinajstić information content (AvgIpc) is 2.32. The molecular formula is C14H11BrFIO. The van der Waals surface area contributed by atoms with Crippen LogP contribution >= 0.6 is 38.5 Å². The molecule has 0 aliphatic rings. The van der Waals surface area contributed by atoms with Gasteiger partial charge < -0.3 is 5.11 Å². The molecule has 0 amide bonds. The maximum absolute atomic E-state index is 13.1. The van der Waals surface area contributed by atoms with Gasteiger partial charge in [0, 0.05) is 14.5 Å². The van der Waals surface area contributed by atoms with Crippen LogP contribution < -0.4 is 0 Å². The van der Waals surface area contributed by atoms with Crippen LogP contribution in [0.2, 0.25) is 0 Å². The summed E-state index contributed by atoms with van der Waals surface area (Å²) in [6, 6.07) is 12.1. The molecule has 4 heteroatoms. The fraction of sp³-hybridized carbons (Fsp3) is 0.143. The molecule has 0 bridgehead atoms. The summed E-state index contributed by atoms with van der Waals surface area (Å²) >= 11 is 5.57. The van der Waals surface area contributed by atoms with Gasteiger partial charge in [0.05, 0.1) is 6.10 Å². The second kappa shape index (κ2) is 6.12. The lowest BCUT2D eigenvalue weighted by atomic mass is 10.0. The number of hydrogen-bond acceptors (Lipinski definition) is 1. The normalized spacial score (nSPS) is 12.4. The van der Waals surface area contributed by atoms with E-state index in [1.165, 1.54) is 12.1 Å². The van der Waals surface area contributed by atoms with E-state index in [4.69, 9.17) is 0 Å². The van der Waals surface area contributed by atoms with Gasteiger partial charge in [0.25, 0.3) is 0 Å². The highest BCUT2D eigenvalue weighted by atomic mass is 127. The van der Waals surface area contributed by atoms with E-state index in [9.17, 15) is 9.50 Å². The molecule has 1 atom stereocenters. The van der Waals surface area contributed by atoms with Crippen LogP contribution in [-0.4, -0.2) is 5.11 Å². The van der Waals surface area contributed by atoms with Crippen LogP contribution in [0.25, 0.3) is 0 Å². The Morgan fingerprint density at radius 1 is 1.22 bits per heavy atom. The zero-order valence-corrected chi connectivity index (χ0v) is 13.2. The number of aliphatic hydroxyl groups is 1. The number of benzene rings is 2. The third-order valence-corrected chi connectivity index (χ3v) is 4.11. The fourth-order valence-electron chi connectivity index (χ4n) is 1.77. The Bertz CT molecular complexity index is 559. The molecule has 2 rings (SSSR count). The Morgan fingerprint density at radius 3 is 2.72 bits per heavy atom. The first-order valence-corrected chi connectivity index (χ1v) is 7.31. The van der Waals surface area contributed by atoms with Gasteiger partial charge in [-0.1, -0.05) is 28.1 Å². The highest BCUT2D eigenvalue weighted by Gasteiger charge is 2.12. The zero-order chi connectivity index (χ0) is 13.1. The van der Waals surface area contributed by atoms with Crippen LogP contribution in [0, 0.1) is 9.39 Å². The molecule has 0 spiro atoms. The van der Waals surface area contributed by atoms with Gasteiger partial charge in [-0.05, 0) is 64.0 Å². The Hall–Kier alpha value is -0.460. The van der Waals surface area contributed by atoms with Crippen molar-refractivity contribution in [1.29, 1.82) is 0 Å². The lowest BCUT2D eigenvalue weighted by Gasteiger charge is -2.13. The Labute approximate surface area is 127 Å². The van der Waals surface area contributed by atoms with Gasteiger partial charge in [0.1, 0.15) is 5.82 Å². The number of hydrogen-bond donors (Lipinski definition) is 1. The van der Waals surface area contributed by atoms with E-state index >= 15 is 0 Å². The summed E-state index contributed by atoms with van der Waals surface area (Å²) in [4.78, 5) is 0. The topological polar surface area (TPSA) is 20.2 Å². The Balaban J connectivity index is 2.21. The van der Waals surface area contributed by atoms with Gasteiger partial charge in [0.2, 0.25) is 0 Å². The molecule has 2 aromatic rings. The van der Waals surface area contributed by atoms with Crippen molar-refractivity contribution in [3.05, 3.63) is 67.5 Å². The second-order valence-corrected chi connectivity index (χ2v) is 6.09. The average molecular weight is 421 g/mol. The van der Waals surface area contributed by atoms with E-state index in [-0.39, 0.29) is 5.82 Å². The van der Waals surface area contributed by atoms with Crippen LogP contribution in [0.15, 0.2) is 46.9 Å². The minimum absolute atomic E-state index is 0.274. The first-order chi connectivity index (χ1) is 8.56. The Kier molecular flexibility index (Phi) is 4.75. The minimum Gasteiger partial charge on any atom is -0.388 e. The molecule has 0 fully saturated rings. The minimum atomic E-state index is -0.629. The van der Waals surface area contributed by atoms with Gasteiger partial charge in [-0.25, -0.2) is 4.39 Å². The van der Waals surface area contributed by atoms with Crippen molar-refractivity contribution in [2.75, 3.05) is 0 Å². The number of aliphatic hydroxyl groups excluding tert-OH is 1. The highest BCUT2D eigenvalue weighted by molar-refractivity contribution is 14.1. The molecule has 1 N–H and O–H groups in total. The summed E-state index contributed by atoms with van der Waals surface area (Å²) in [5, 5.41) is 10.2. The fourth-order valence-corrected chi connectivity index (χ4v) is 2.84. The third kappa shape index (κ3) is 3.52. The summed E-state index contributed by atoms with van der Waals surface area (Å²) in [5.41, 5.74) is 1.65. The summed E-state index contributed by atoms with van der Waals surface area (Å²) < 4.78 is 15.0. The Morgan fingerprint density at radius 2 is 2.00 bits per heavy atom. The number of rotatable bonds is 3. The smallest absolute Gasteiger partial charge is 0.123 e. The van der Waals surface area contributed by atoms with Crippen molar-refractivity contribution >= 4 is 38.5 Å². The van der Waals surface area contributed by atoms with Crippen LogP contribution in [0.4, 0.5) is 4.39 Å². The first-order valence-electron chi connectivity index (χ1n) is 5.44. The molecule has 94 valence electrons. The second-order valence-electron chi connectivity index (χ2n) is 4.02. The van der Waals surface area contributed by atoms with Crippen LogP contribution in [0.1, 0.15) is 17.2 Å². The highest BCUT2D eigenvalue weighted by Crippen LogP contribution is 2.26. The van der Waals surface area contributed by atoms with E-state index in [1.54, 1.807) is 6.07 Å². The molecule has 0 heterocycles. The van der Waals surface area contributed by atoms with E-state index in [0.717, 1.165) is 19.2 Å². The standard InChI is InChI=1S/C14H11BrFIO/c15-10-4-5-13(17)12(8-10)14(18)7-9-2-1-3-11(16)6-9/h1-6,8,14,18H,7H2. The monoisotopic (exact) mass is 420 g/mol. The molecule has 1 nitrogen and oxygen atoms in total. The molecule has 0 aromatic heterocycles. The van der Waals surface area contributed by atoms with Gasteiger partial charge in [-0.2, -0.15) is 0 Å². The van der Waals surface area contributed by atoms with Crippen molar-refractivity contribution < 1.29 is 9.50 Å². The third-order valence-electron chi connectivity index (χ3n) is 2.64. The van der Waals surface area contributed by atoms with Crippen LogP contribution in [-0.2, 0) is 6.42 Å². The van der Waals surface area contributed by atoms with E-state index in [2.05, 4.69) is 38.5 Å². The van der Waals surface area contributed by atoms with E-state index in [0.29, 0.717) is 6.42 Å². The van der Waals surface area contributed by atoms with Crippen LogP contribution in [0.3, 0.4) is 0 Å². The van der Waals surface area contributed by atoms with E-state index < -0.39 is 6.10 Å². The molecule has 18 heavy (non-hydrogen) atoms. The van der Waals surface area contributed by atoms with Crippen LogP contribution in [0.5, 0.6) is 0 Å². The summed E-state index contributed by atoms with van der Waals surface area (Å²) in [7, 11) is 0. The van der Waals surface area contributed by atoms with Gasteiger partial charge in [0.15, 0.2) is 0 Å². The van der Waals surface area contributed by atoms with Crippen molar-refractivity contribution in [3.63, 3.8) is 0 Å². The number of halogens is 3.